The van der Waals surface area contributed by atoms with Crippen molar-refractivity contribution >= 4 is 49.9 Å². The highest BCUT2D eigenvalue weighted by atomic mass is 127. The zero-order valence-corrected chi connectivity index (χ0v) is 20.2. The van der Waals surface area contributed by atoms with E-state index in [1.54, 1.807) is 60.7 Å². The van der Waals surface area contributed by atoms with E-state index < -0.39 is 15.9 Å². The second kappa shape index (κ2) is 10.1. The van der Waals surface area contributed by atoms with Crippen molar-refractivity contribution < 1.29 is 17.9 Å². The molecule has 162 valence electrons. The number of aryl methyl sites for hydroxylation is 1. The van der Waals surface area contributed by atoms with Gasteiger partial charge in [0.2, 0.25) is 5.91 Å². The SMILES string of the molecule is CCOc1ccc(N(CC(=O)Nc2ccc(I)cc2)S(=O)(=O)c2ccc(C)cc2)cc1. The summed E-state index contributed by atoms with van der Waals surface area (Å²) in [6.07, 6.45) is 0. The van der Waals surface area contributed by atoms with E-state index in [4.69, 9.17) is 4.74 Å². The topological polar surface area (TPSA) is 75.7 Å². The molecule has 0 heterocycles. The van der Waals surface area contributed by atoms with Crippen LogP contribution in [0.25, 0.3) is 0 Å². The van der Waals surface area contributed by atoms with Crippen LogP contribution in [0.3, 0.4) is 0 Å². The summed E-state index contributed by atoms with van der Waals surface area (Å²) in [5.74, 6) is 0.188. The van der Waals surface area contributed by atoms with Gasteiger partial charge in [0.15, 0.2) is 0 Å². The predicted molar refractivity (Wildman–Crippen MR) is 131 cm³/mol. The van der Waals surface area contributed by atoms with Gasteiger partial charge < -0.3 is 10.1 Å². The number of sulfonamides is 1. The molecule has 0 aliphatic rings. The average Bonchev–Trinajstić information content (AvgIpc) is 2.75. The van der Waals surface area contributed by atoms with E-state index in [0.29, 0.717) is 23.7 Å². The van der Waals surface area contributed by atoms with Crippen molar-refractivity contribution in [3.05, 3.63) is 81.9 Å². The summed E-state index contributed by atoms with van der Waals surface area (Å²) in [5.41, 5.74) is 1.93. The summed E-state index contributed by atoms with van der Waals surface area (Å²) in [7, 11) is -3.96. The Morgan fingerprint density at radius 1 is 0.968 bits per heavy atom. The molecule has 0 saturated heterocycles. The van der Waals surface area contributed by atoms with Crippen LogP contribution in [0.4, 0.5) is 11.4 Å². The molecule has 3 aromatic carbocycles. The van der Waals surface area contributed by atoms with Crippen LogP contribution in [0.2, 0.25) is 0 Å². The number of carbonyl (C=O) groups is 1. The van der Waals surface area contributed by atoms with Crippen LogP contribution in [0.15, 0.2) is 77.7 Å². The standard InChI is InChI=1S/C23H23IN2O4S/c1-3-30-21-12-10-20(11-13-21)26(31(28,29)22-14-4-17(2)5-15-22)16-23(27)25-19-8-6-18(24)7-9-19/h4-15H,3,16H2,1-2H3,(H,25,27). The van der Waals surface area contributed by atoms with Gasteiger partial charge >= 0.3 is 0 Å². The Bertz CT molecular complexity index is 1130. The van der Waals surface area contributed by atoms with Gasteiger partial charge in [0, 0.05) is 9.26 Å². The van der Waals surface area contributed by atoms with Gasteiger partial charge in [0.05, 0.1) is 17.2 Å². The van der Waals surface area contributed by atoms with Crippen molar-refractivity contribution in [1.29, 1.82) is 0 Å². The van der Waals surface area contributed by atoms with Gasteiger partial charge in [0.1, 0.15) is 12.3 Å². The van der Waals surface area contributed by atoms with Gasteiger partial charge in [-0.3, -0.25) is 9.10 Å². The predicted octanol–water partition coefficient (Wildman–Crippen LogP) is 4.83. The summed E-state index contributed by atoms with van der Waals surface area (Å²) in [6.45, 7) is 3.89. The lowest BCUT2D eigenvalue weighted by atomic mass is 10.2. The number of benzene rings is 3. The van der Waals surface area contributed by atoms with Crippen LogP contribution in [0, 0.1) is 10.5 Å². The molecule has 3 rings (SSSR count). The molecule has 0 saturated carbocycles. The molecule has 6 nitrogen and oxygen atoms in total. The first-order valence-electron chi connectivity index (χ1n) is 9.67. The quantitative estimate of drug-likeness (QED) is 0.408. The van der Waals surface area contributed by atoms with Gasteiger partial charge in [0.25, 0.3) is 10.0 Å². The minimum Gasteiger partial charge on any atom is -0.494 e. The first-order valence-corrected chi connectivity index (χ1v) is 12.2. The fraction of sp³-hybridized carbons (Fsp3) is 0.174. The number of rotatable bonds is 8. The van der Waals surface area contributed by atoms with Gasteiger partial charge in [-0.1, -0.05) is 17.7 Å². The second-order valence-corrected chi connectivity index (χ2v) is 9.91. The van der Waals surface area contributed by atoms with Crippen LogP contribution in [-0.4, -0.2) is 27.5 Å². The lowest BCUT2D eigenvalue weighted by molar-refractivity contribution is -0.114. The van der Waals surface area contributed by atoms with Gasteiger partial charge in [-0.05, 0) is 97.1 Å². The molecule has 0 aliphatic carbocycles. The first-order chi connectivity index (χ1) is 14.8. The van der Waals surface area contributed by atoms with E-state index in [-0.39, 0.29) is 11.4 Å². The third-order valence-electron chi connectivity index (χ3n) is 4.46. The molecule has 0 aliphatic heterocycles. The zero-order valence-electron chi connectivity index (χ0n) is 17.2. The van der Waals surface area contributed by atoms with E-state index in [0.717, 1.165) is 13.4 Å². The van der Waals surface area contributed by atoms with Crippen molar-refractivity contribution in [1.82, 2.24) is 0 Å². The summed E-state index contributed by atoms with van der Waals surface area (Å²) >= 11 is 2.17. The average molecular weight is 550 g/mol. The van der Waals surface area contributed by atoms with Gasteiger partial charge in [-0.25, -0.2) is 8.42 Å². The number of hydrogen-bond donors (Lipinski definition) is 1. The van der Waals surface area contributed by atoms with Crippen molar-refractivity contribution in [3.8, 4) is 5.75 Å². The molecule has 0 spiro atoms. The Morgan fingerprint density at radius 2 is 1.58 bits per heavy atom. The third kappa shape index (κ3) is 5.98. The van der Waals surface area contributed by atoms with Gasteiger partial charge in [-0.2, -0.15) is 0 Å². The molecule has 1 N–H and O–H groups in total. The monoisotopic (exact) mass is 550 g/mol. The van der Waals surface area contributed by atoms with E-state index in [1.165, 1.54) is 0 Å². The van der Waals surface area contributed by atoms with Crippen LogP contribution in [-0.2, 0) is 14.8 Å². The van der Waals surface area contributed by atoms with Crippen molar-refractivity contribution in [2.45, 2.75) is 18.7 Å². The molecule has 1 amide bonds. The van der Waals surface area contributed by atoms with Crippen LogP contribution >= 0.6 is 22.6 Å². The molecule has 0 bridgehead atoms. The Balaban J connectivity index is 1.92. The molecule has 0 atom stereocenters. The largest absolute Gasteiger partial charge is 0.494 e. The molecular formula is C23H23IN2O4S. The van der Waals surface area contributed by atoms with Crippen LogP contribution < -0.4 is 14.4 Å². The molecule has 3 aromatic rings. The molecule has 0 aromatic heterocycles. The Kier molecular flexibility index (Phi) is 7.55. The highest BCUT2D eigenvalue weighted by molar-refractivity contribution is 14.1. The zero-order chi connectivity index (χ0) is 22.4. The second-order valence-electron chi connectivity index (χ2n) is 6.81. The molecule has 0 radical (unpaired) electrons. The van der Waals surface area contributed by atoms with E-state index >= 15 is 0 Å². The Hall–Kier alpha value is -2.59. The lowest BCUT2D eigenvalue weighted by Crippen LogP contribution is -2.38. The third-order valence-corrected chi connectivity index (χ3v) is 6.97. The number of anilines is 2. The van der Waals surface area contributed by atoms with Crippen LogP contribution in [0.5, 0.6) is 5.75 Å². The van der Waals surface area contributed by atoms with E-state index in [1.807, 2.05) is 26.0 Å². The highest BCUT2D eigenvalue weighted by Crippen LogP contribution is 2.26. The van der Waals surface area contributed by atoms with Crippen LogP contribution in [0.1, 0.15) is 12.5 Å². The number of ether oxygens (including phenoxy) is 1. The maximum Gasteiger partial charge on any atom is 0.264 e. The maximum atomic E-state index is 13.4. The molecule has 0 fully saturated rings. The lowest BCUT2D eigenvalue weighted by Gasteiger charge is -2.24. The number of halogens is 1. The maximum absolute atomic E-state index is 13.4. The Morgan fingerprint density at radius 3 is 2.16 bits per heavy atom. The fourth-order valence-corrected chi connectivity index (χ4v) is 4.67. The summed E-state index contributed by atoms with van der Waals surface area (Å²) in [6, 6.07) is 20.5. The normalized spacial score (nSPS) is 11.1. The van der Waals surface area contributed by atoms with Gasteiger partial charge in [-0.15, -0.1) is 0 Å². The molecule has 8 heteroatoms. The molecule has 31 heavy (non-hydrogen) atoms. The van der Waals surface area contributed by atoms with E-state index in [9.17, 15) is 13.2 Å². The summed E-state index contributed by atoms with van der Waals surface area (Å²) < 4.78 is 34.4. The number of carbonyl (C=O) groups excluding carboxylic acids is 1. The highest BCUT2D eigenvalue weighted by Gasteiger charge is 2.27. The number of nitrogens with zero attached hydrogens (tertiary/aromatic N) is 1. The first kappa shape index (κ1) is 23.1. The smallest absolute Gasteiger partial charge is 0.264 e. The van der Waals surface area contributed by atoms with Crippen molar-refractivity contribution in [2.24, 2.45) is 0 Å². The fourth-order valence-electron chi connectivity index (χ4n) is 2.89. The number of hydrogen-bond acceptors (Lipinski definition) is 4. The molecule has 0 unspecified atom stereocenters. The van der Waals surface area contributed by atoms with Crippen molar-refractivity contribution in [2.75, 3.05) is 22.8 Å². The summed E-state index contributed by atoms with van der Waals surface area (Å²) in [5, 5.41) is 2.76. The minimum atomic E-state index is -3.96. The summed E-state index contributed by atoms with van der Waals surface area (Å²) in [4.78, 5) is 12.9. The Labute approximate surface area is 196 Å². The number of amides is 1. The minimum absolute atomic E-state index is 0.119. The number of nitrogens with one attached hydrogen (secondary N) is 1. The van der Waals surface area contributed by atoms with E-state index in [2.05, 4.69) is 27.9 Å². The van der Waals surface area contributed by atoms with Crippen molar-refractivity contribution in [3.63, 3.8) is 0 Å². The molecular weight excluding hydrogens is 527 g/mol.